The molecule has 1 amide bonds. The van der Waals surface area contributed by atoms with E-state index in [9.17, 15) is 13.2 Å². The van der Waals surface area contributed by atoms with Crippen LogP contribution in [0, 0.1) is 0 Å². The van der Waals surface area contributed by atoms with Crippen LogP contribution >= 0.6 is 11.3 Å². The van der Waals surface area contributed by atoms with Gasteiger partial charge in [0, 0.05) is 32.4 Å². The van der Waals surface area contributed by atoms with Crippen molar-refractivity contribution < 1.29 is 17.9 Å². The number of benzene rings is 1. The lowest BCUT2D eigenvalue weighted by Gasteiger charge is -2.35. The Bertz CT molecular complexity index is 964. The van der Waals surface area contributed by atoms with Crippen molar-refractivity contribution in [1.82, 2.24) is 9.88 Å². The van der Waals surface area contributed by atoms with E-state index in [4.69, 9.17) is 10.5 Å². The summed E-state index contributed by atoms with van der Waals surface area (Å²) in [6, 6.07) is 4.43. The highest BCUT2D eigenvalue weighted by Crippen LogP contribution is 2.28. The number of nitrogens with two attached hydrogens (primary N) is 1. The number of anilines is 2. The van der Waals surface area contributed by atoms with E-state index < -0.39 is 9.84 Å². The number of carbonyl (C=O) groups excluding carboxylic acids is 1. The van der Waals surface area contributed by atoms with E-state index in [0.29, 0.717) is 36.9 Å². The number of aromatic nitrogens is 1. The van der Waals surface area contributed by atoms with Crippen molar-refractivity contribution >= 4 is 37.2 Å². The van der Waals surface area contributed by atoms with E-state index in [1.54, 1.807) is 17.2 Å². The molecule has 1 aliphatic heterocycles. The number of nitrogens with zero attached hydrogens (tertiary/aromatic N) is 3. The smallest absolute Gasteiger partial charge is 0.257 e. The maximum absolute atomic E-state index is 13.1. The number of nitrogen functional groups attached to an aromatic ring is 1. The van der Waals surface area contributed by atoms with Crippen LogP contribution in [-0.4, -0.2) is 62.7 Å². The topological polar surface area (TPSA) is 106 Å². The van der Waals surface area contributed by atoms with E-state index in [1.165, 1.54) is 23.5 Å². The fourth-order valence-electron chi connectivity index (χ4n) is 2.96. The normalized spacial score (nSPS) is 15.1. The van der Waals surface area contributed by atoms with Crippen molar-refractivity contribution in [1.29, 1.82) is 0 Å². The first-order chi connectivity index (χ1) is 13.1. The van der Waals surface area contributed by atoms with Gasteiger partial charge in [-0.15, -0.1) is 0 Å². The third kappa shape index (κ3) is 4.56. The second kappa shape index (κ2) is 7.96. The lowest BCUT2D eigenvalue weighted by atomic mass is 10.1. The van der Waals surface area contributed by atoms with Crippen LogP contribution in [0.4, 0.5) is 10.1 Å². The molecule has 1 saturated heterocycles. The Balaban J connectivity index is 1.81. The first-order valence-corrected chi connectivity index (χ1v) is 11.6. The Hall–Kier alpha value is -2.33. The van der Waals surface area contributed by atoms with Crippen LogP contribution in [0.25, 0.3) is 0 Å². The summed E-state index contributed by atoms with van der Waals surface area (Å²) in [7, 11) is -3.43. The maximum atomic E-state index is 13.1. The molecule has 8 nitrogen and oxygen atoms in total. The van der Waals surface area contributed by atoms with Crippen molar-refractivity contribution in [3.05, 3.63) is 30.0 Å². The zero-order valence-corrected chi connectivity index (χ0v) is 17.7. The second-order valence-corrected chi connectivity index (χ2v) is 9.98. The summed E-state index contributed by atoms with van der Waals surface area (Å²) in [6.07, 6.45) is 2.62. The largest absolute Gasteiger partial charge is 0.490 e. The fourth-order valence-corrected chi connectivity index (χ4v) is 4.34. The van der Waals surface area contributed by atoms with Gasteiger partial charge in [0.1, 0.15) is 10.8 Å². The lowest BCUT2D eigenvalue weighted by Crippen LogP contribution is -2.48. The Kier molecular flexibility index (Phi) is 5.80. The van der Waals surface area contributed by atoms with Gasteiger partial charge in [0.2, 0.25) is 0 Å². The lowest BCUT2D eigenvalue weighted by molar-refractivity contribution is 0.0740. The Labute approximate surface area is 168 Å². The zero-order chi connectivity index (χ0) is 20.5. The quantitative estimate of drug-likeness (QED) is 0.781. The predicted molar refractivity (Wildman–Crippen MR) is 110 cm³/mol. The van der Waals surface area contributed by atoms with Gasteiger partial charge in [-0.3, -0.25) is 4.79 Å². The number of sulfone groups is 1. The van der Waals surface area contributed by atoms with Crippen LogP contribution in [0.15, 0.2) is 29.3 Å². The summed E-state index contributed by atoms with van der Waals surface area (Å²) in [5.74, 6) is 0.155. The second-order valence-electron chi connectivity index (χ2n) is 6.92. The number of amides is 1. The van der Waals surface area contributed by atoms with E-state index in [2.05, 4.69) is 9.88 Å². The summed E-state index contributed by atoms with van der Waals surface area (Å²) in [5.41, 5.74) is 6.01. The monoisotopic (exact) mass is 424 g/mol. The summed E-state index contributed by atoms with van der Waals surface area (Å²) in [4.78, 5) is 21.3. The maximum Gasteiger partial charge on any atom is 0.257 e. The molecule has 28 heavy (non-hydrogen) atoms. The molecule has 1 aromatic heterocycles. The summed E-state index contributed by atoms with van der Waals surface area (Å²) < 4.78 is 29.6. The highest BCUT2D eigenvalue weighted by atomic mass is 32.2. The highest BCUT2D eigenvalue weighted by molar-refractivity contribution is 7.90. The summed E-state index contributed by atoms with van der Waals surface area (Å²) in [5, 5.41) is 1.49. The van der Waals surface area contributed by atoms with Gasteiger partial charge in [0.05, 0.1) is 22.8 Å². The molecular weight excluding hydrogens is 400 g/mol. The van der Waals surface area contributed by atoms with E-state index in [1.807, 2.05) is 13.8 Å². The molecule has 1 aliphatic rings. The number of hydrogen-bond donors (Lipinski definition) is 1. The molecule has 0 bridgehead atoms. The zero-order valence-electron chi connectivity index (χ0n) is 16.1. The van der Waals surface area contributed by atoms with Crippen LogP contribution in [0.1, 0.15) is 24.2 Å². The molecule has 10 heteroatoms. The number of ether oxygens (including phenoxy) is 1. The minimum atomic E-state index is -3.43. The van der Waals surface area contributed by atoms with Gasteiger partial charge in [-0.05, 0) is 32.0 Å². The molecule has 2 aromatic rings. The molecule has 0 unspecified atom stereocenters. The van der Waals surface area contributed by atoms with Gasteiger partial charge in [-0.2, -0.15) is 0 Å². The number of carbonyl (C=O) groups is 1. The SMILES string of the molecule is CC(C)Oc1ccc(S(C)(=O)=O)cc1C(=O)N1CCN(c2ncc(N)s2)CC1. The van der Waals surface area contributed by atoms with Crippen molar-refractivity contribution in [3.8, 4) is 5.75 Å². The third-order valence-electron chi connectivity index (χ3n) is 4.32. The first-order valence-electron chi connectivity index (χ1n) is 8.91. The van der Waals surface area contributed by atoms with Gasteiger partial charge in [-0.1, -0.05) is 11.3 Å². The Morgan fingerprint density at radius 1 is 1.25 bits per heavy atom. The van der Waals surface area contributed by atoms with Crippen LogP contribution in [0.3, 0.4) is 0 Å². The average molecular weight is 425 g/mol. The van der Waals surface area contributed by atoms with Gasteiger partial charge >= 0.3 is 0 Å². The molecular formula is C18H24N4O4S2. The molecule has 1 aromatic carbocycles. The minimum absolute atomic E-state index is 0.101. The van der Waals surface area contributed by atoms with Crippen LogP contribution in [-0.2, 0) is 9.84 Å². The van der Waals surface area contributed by atoms with Crippen molar-refractivity contribution in [3.63, 3.8) is 0 Å². The van der Waals surface area contributed by atoms with Crippen molar-refractivity contribution in [2.45, 2.75) is 24.8 Å². The molecule has 2 heterocycles. The molecule has 3 rings (SSSR count). The molecule has 0 atom stereocenters. The van der Waals surface area contributed by atoms with Crippen LogP contribution in [0.5, 0.6) is 5.75 Å². The number of piperazine rings is 1. The molecule has 1 fully saturated rings. The molecule has 2 N–H and O–H groups in total. The van der Waals surface area contributed by atoms with Crippen molar-refractivity contribution in [2.75, 3.05) is 43.1 Å². The fraction of sp³-hybridized carbons (Fsp3) is 0.444. The molecule has 0 aliphatic carbocycles. The number of rotatable bonds is 5. The van der Waals surface area contributed by atoms with E-state index in [-0.39, 0.29) is 22.5 Å². The number of hydrogen-bond acceptors (Lipinski definition) is 8. The van der Waals surface area contributed by atoms with Gasteiger partial charge < -0.3 is 20.3 Å². The highest BCUT2D eigenvalue weighted by Gasteiger charge is 2.27. The standard InChI is InChI=1S/C18H24N4O4S2/c1-12(2)26-15-5-4-13(28(3,24)25)10-14(15)17(23)21-6-8-22(9-7-21)18-20-11-16(19)27-18/h4-5,10-12H,6-9,19H2,1-3H3. The first kappa shape index (κ1) is 20.4. The van der Waals surface area contributed by atoms with Gasteiger partial charge in [0.15, 0.2) is 15.0 Å². The predicted octanol–water partition coefficient (Wildman–Crippen LogP) is 1.88. The molecule has 0 radical (unpaired) electrons. The Morgan fingerprint density at radius 2 is 1.93 bits per heavy atom. The average Bonchev–Trinajstić information content (AvgIpc) is 3.06. The Morgan fingerprint density at radius 3 is 2.46 bits per heavy atom. The molecule has 0 spiro atoms. The third-order valence-corrected chi connectivity index (χ3v) is 6.32. The molecule has 152 valence electrons. The van der Waals surface area contributed by atoms with Gasteiger partial charge in [-0.25, -0.2) is 13.4 Å². The van der Waals surface area contributed by atoms with Crippen molar-refractivity contribution in [2.24, 2.45) is 0 Å². The van der Waals surface area contributed by atoms with Crippen LogP contribution < -0.4 is 15.4 Å². The van der Waals surface area contributed by atoms with E-state index in [0.717, 1.165) is 11.4 Å². The summed E-state index contributed by atoms with van der Waals surface area (Å²) in [6.45, 7) is 5.98. The van der Waals surface area contributed by atoms with E-state index >= 15 is 0 Å². The minimum Gasteiger partial charge on any atom is -0.490 e. The molecule has 0 saturated carbocycles. The summed E-state index contributed by atoms with van der Waals surface area (Å²) >= 11 is 1.42. The number of thiazole rings is 1. The van der Waals surface area contributed by atoms with Crippen LogP contribution in [0.2, 0.25) is 0 Å². The van der Waals surface area contributed by atoms with Gasteiger partial charge in [0.25, 0.3) is 5.91 Å².